The van der Waals surface area contributed by atoms with E-state index in [1.807, 2.05) is 0 Å². The third kappa shape index (κ3) is 2.68. The molecule has 2 nitrogen and oxygen atoms in total. The Labute approximate surface area is 115 Å². The average Bonchev–Trinajstić information content (AvgIpc) is 2.34. The number of hydrogen-bond acceptors (Lipinski definition) is 1. The predicted molar refractivity (Wildman–Crippen MR) is 77.8 cm³/mol. The molecule has 0 radical (unpaired) electrons. The zero-order valence-electron chi connectivity index (χ0n) is 12.3. The number of hydrogen-bond donors (Lipinski definition) is 1. The Hall–Kier alpha value is -1.31. The molecule has 1 aliphatic carbocycles. The van der Waals surface area contributed by atoms with E-state index in [1.54, 1.807) is 0 Å². The van der Waals surface area contributed by atoms with Gasteiger partial charge in [-0.15, -0.1) is 0 Å². The number of unbranched alkanes of at least 4 members (excludes halogenated alkanes) is 1. The Balaban J connectivity index is 2.40. The lowest BCUT2D eigenvalue weighted by Crippen LogP contribution is -2.32. The summed E-state index contributed by atoms with van der Waals surface area (Å²) in [5.41, 5.74) is 4.15. The highest BCUT2D eigenvalue weighted by Crippen LogP contribution is 2.43. The second kappa shape index (κ2) is 5.36. The third-order valence-corrected chi connectivity index (χ3v) is 4.60. The fraction of sp³-hybridized carbons (Fsp3) is 0.588. The van der Waals surface area contributed by atoms with Crippen LogP contribution in [0.25, 0.3) is 0 Å². The van der Waals surface area contributed by atoms with E-state index in [4.69, 9.17) is 0 Å². The lowest BCUT2D eigenvalue weighted by atomic mass is 9.66. The summed E-state index contributed by atoms with van der Waals surface area (Å²) < 4.78 is 0. The normalized spacial score (nSPS) is 16.4. The largest absolute Gasteiger partial charge is 0.478 e. The minimum absolute atomic E-state index is 0.285. The Bertz CT molecular complexity index is 461. The van der Waals surface area contributed by atoms with Gasteiger partial charge in [0.15, 0.2) is 0 Å². The number of aryl methyl sites for hydroxylation is 1. The van der Waals surface area contributed by atoms with E-state index in [2.05, 4.69) is 32.9 Å². The van der Waals surface area contributed by atoms with Crippen molar-refractivity contribution in [3.8, 4) is 0 Å². The van der Waals surface area contributed by atoms with Gasteiger partial charge < -0.3 is 5.11 Å². The van der Waals surface area contributed by atoms with Crippen molar-refractivity contribution in [2.75, 3.05) is 0 Å². The molecular formula is C17H24O2. The molecule has 2 rings (SSSR count). The van der Waals surface area contributed by atoms with Crippen LogP contribution in [0.1, 0.15) is 66.6 Å². The van der Waals surface area contributed by atoms with Gasteiger partial charge in [-0.2, -0.15) is 0 Å². The molecule has 1 N–H and O–H groups in total. The topological polar surface area (TPSA) is 37.3 Å². The summed E-state index contributed by atoms with van der Waals surface area (Å²) in [6, 6.07) is 4.14. The zero-order chi connectivity index (χ0) is 14.0. The van der Waals surface area contributed by atoms with E-state index in [0.717, 1.165) is 30.4 Å². The quantitative estimate of drug-likeness (QED) is 0.853. The minimum Gasteiger partial charge on any atom is -0.478 e. The monoisotopic (exact) mass is 260 g/mol. The van der Waals surface area contributed by atoms with Crippen LogP contribution < -0.4 is 0 Å². The summed E-state index contributed by atoms with van der Waals surface area (Å²) in [5, 5.41) is 9.42. The molecule has 0 aromatic heterocycles. The molecule has 0 saturated carbocycles. The van der Waals surface area contributed by atoms with Crippen molar-refractivity contribution in [1.29, 1.82) is 0 Å². The number of benzene rings is 1. The van der Waals surface area contributed by atoms with E-state index in [0.29, 0.717) is 5.56 Å². The summed E-state index contributed by atoms with van der Waals surface area (Å²) in [7, 11) is 0. The molecule has 0 saturated heterocycles. The first-order chi connectivity index (χ1) is 9.01. The van der Waals surface area contributed by atoms with Gasteiger partial charge >= 0.3 is 5.97 Å². The fourth-order valence-corrected chi connectivity index (χ4v) is 3.52. The van der Waals surface area contributed by atoms with Gasteiger partial charge in [-0.3, -0.25) is 0 Å². The Morgan fingerprint density at radius 3 is 2.26 bits per heavy atom. The van der Waals surface area contributed by atoms with Crippen molar-refractivity contribution < 1.29 is 9.90 Å². The molecule has 0 fully saturated rings. The summed E-state index contributed by atoms with van der Waals surface area (Å²) in [4.78, 5) is 11.5. The maximum atomic E-state index is 11.5. The predicted octanol–water partition coefficient (Wildman–Crippen LogP) is 4.38. The second-order valence-corrected chi connectivity index (χ2v) is 6.07. The lowest BCUT2D eigenvalue weighted by molar-refractivity contribution is 0.0688. The smallest absolute Gasteiger partial charge is 0.336 e. The van der Waals surface area contributed by atoms with Crippen molar-refractivity contribution in [3.63, 3.8) is 0 Å². The molecule has 2 heteroatoms. The SMILES string of the molecule is CCCCC1(CC)Cc2cc(C)cc(c2C(=O)O)C1. The highest BCUT2D eigenvalue weighted by molar-refractivity contribution is 5.92. The molecule has 0 spiro atoms. The summed E-state index contributed by atoms with van der Waals surface area (Å²) in [6.45, 7) is 6.52. The molecular weight excluding hydrogens is 236 g/mol. The van der Waals surface area contributed by atoms with Gasteiger partial charge in [0, 0.05) is 0 Å². The van der Waals surface area contributed by atoms with Crippen LogP contribution in [0, 0.1) is 12.3 Å². The van der Waals surface area contributed by atoms with E-state index in [9.17, 15) is 9.90 Å². The van der Waals surface area contributed by atoms with Gasteiger partial charge in [-0.05, 0) is 49.1 Å². The lowest BCUT2D eigenvalue weighted by Gasteiger charge is -2.38. The number of carbonyl (C=O) groups is 1. The standard InChI is InChI=1S/C17H24O2/c1-4-6-7-17(5-2)10-13-8-12(3)9-14(11-17)15(13)16(18)19/h8-9H,4-7,10-11H2,1-3H3,(H,18,19). The highest BCUT2D eigenvalue weighted by atomic mass is 16.4. The molecule has 0 aliphatic heterocycles. The van der Waals surface area contributed by atoms with Gasteiger partial charge in [0.05, 0.1) is 5.56 Å². The van der Waals surface area contributed by atoms with Crippen LogP contribution >= 0.6 is 0 Å². The molecule has 0 amide bonds. The van der Waals surface area contributed by atoms with Crippen LogP contribution in [-0.4, -0.2) is 11.1 Å². The number of fused-ring (bicyclic) bond motifs is 2. The second-order valence-electron chi connectivity index (χ2n) is 6.07. The van der Waals surface area contributed by atoms with Crippen LogP contribution in [0.3, 0.4) is 0 Å². The molecule has 0 atom stereocenters. The average molecular weight is 260 g/mol. The van der Waals surface area contributed by atoms with E-state index in [-0.39, 0.29) is 5.41 Å². The van der Waals surface area contributed by atoms with E-state index >= 15 is 0 Å². The molecule has 1 aromatic carbocycles. The highest BCUT2D eigenvalue weighted by Gasteiger charge is 2.36. The summed E-state index contributed by atoms with van der Waals surface area (Å²) in [6.07, 6.45) is 6.65. The first-order valence-electron chi connectivity index (χ1n) is 7.37. The Morgan fingerprint density at radius 2 is 1.84 bits per heavy atom. The fourth-order valence-electron chi connectivity index (χ4n) is 3.52. The Kier molecular flexibility index (Phi) is 3.98. The van der Waals surface area contributed by atoms with Crippen LogP contribution in [0.5, 0.6) is 0 Å². The molecule has 0 heterocycles. The van der Waals surface area contributed by atoms with Crippen molar-refractivity contribution in [3.05, 3.63) is 34.4 Å². The summed E-state index contributed by atoms with van der Waals surface area (Å²) >= 11 is 0. The number of carboxylic acid groups (broad SMARTS) is 1. The van der Waals surface area contributed by atoms with Gasteiger partial charge in [0.25, 0.3) is 0 Å². The maximum absolute atomic E-state index is 11.5. The van der Waals surface area contributed by atoms with Crippen molar-refractivity contribution in [2.45, 2.75) is 59.3 Å². The molecule has 1 aromatic rings. The molecule has 1 aliphatic rings. The van der Waals surface area contributed by atoms with Crippen LogP contribution in [-0.2, 0) is 12.8 Å². The number of carboxylic acids is 1. The third-order valence-electron chi connectivity index (χ3n) is 4.60. The molecule has 0 unspecified atom stereocenters. The molecule has 19 heavy (non-hydrogen) atoms. The van der Waals surface area contributed by atoms with Crippen LogP contribution in [0.4, 0.5) is 0 Å². The first kappa shape index (κ1) is 14.1. The van der Waals surface area contributed by atoms with Gasteiger partial charge in [-0.1, -0.05) is 44.4 Å². The molecule has 104 valence electrons. The van der Waals surface area contributed by atoms with Crippen molar-refractivity contribution in [2.24, 2.45) is 5.41 Å². The van der Waals surface area contributed by atoms with Gasteiger partial charge in [-0.25, -0.2) is 4.79 Å². The van der Waals surface area contributed by atoms with Crippen LogP contribution in [0.2, 0.25) is 0 Å². The number of rotatable bonds is 5. The van der Waals surface area contributed by atoms with Crippen molar-refractivity contribution >= 4 is 5.97 Å². The van der Waals surface area contributed by atoms with Gasteiger partial charge in [0.1, 0.15) is 0 Å². The number of aromatic carboxylic acids is 1. The zero-order valence-corrected chi connectivity index (χ0v) is 12.3. The maximum Gasteiger partial charge on any atom is 0.336 e. The van der Waals surface area contributed by atoms with Crippen molar-refractivity contribution in [1.82, 2.24) is 0 Å². The first-order valence-corrected chi connectivity index (χ1v) is 7.37. The van der Waals surface area contributed by atoms with E-state index in [1.165, 1.54) is 24.8 Å². The van der Waals surface area contributed by atoms with Crippen LogP contribution in [0.15, 0.2) is 12.1 Å². The Morgan fingerprint density at radius 1 is 1.26 bits per heavy atom. The van der Waals surface area contributed by atoms with E-state index < -0.39 is 5.97 Å². The summed E-state index contributed by atoms with van der Waals surface area (Å²) in [5.74, 6) is -0.759. The molecule has 2 bridgehead atoms. The van der Waals surface area contributed by atoms with Gasteiger partial charge in [0.2, 0.25) is 0 Å². The minimum atomic E-state index is -0.759.